The maximum atomic E-state index is 12.6. The van der Waals surface area contributed by atoms with Gasteiger partial charge in [0.15, 0.2) is 0 Å². The highest BCUT2D eigenvalue weighted by atomic mass is 16.5. The molecule has 0 fully saturated rings. The van der Waals surface area contributed by atoms with Gasteiger partial charge in [-0.2, -0.15) is 0 Å². The van der Waals surface area contributed by atoms with Crippen LogP contribution >= 0.6 is 0 Å². The lowest BCUT2D eigenvalue weighted by molar-refractivity contribution is -0.120. The number of aromatic nitrogens is 2. The largest absolute Gasteiger partial charge is 0.491 e. The van der Waals surface area contributed by atoms with Gasteiger partial charge >= 0.3 is 5.69 Å². The highest BCUT2D eigenvalue weighted by Crippen LogP contribution is 2.16. The molecule has 34 heavy (non-hydrogen) atoms. The van der Waals surface area contributed by atoms with Crippen LogP contribution in [0, 0.1) is 0 Å². The number of hydrogen-bond donors (Lipinski definition) is 3. The van der Waals surface area contributed by atoms with Gasteiger partial charge in [0.1, 0.15) is 30.5 Å². The molecule has 180 valence electrons. The molecule has 0 bridgehead atoms. The molecule has 0 aliphatic rings. The fraction of sp³-hybridized carbons (Fsp3) is 0.292. The van der Waals surface area contributed by atoms with Gasteiger partial charge in [-0.3, -0.25) is 19.1 Å². The van der Waals surface area contributed by atoms with Crippen LogP contribution in [0.3, 0.4) is 0 Å². The van der Waals surface area contributed by atoms with E-state index in [9.17, 15) is 14.4 Å². The second-order valence-electron chi connectivity index (χ2n) is 7.23. The van der Waals surface area contributed by atoms with Crippen LogP contribution in [0.25, 0.3) is 0 Å². The van der Waals surface area contributed by atoms with Crippen LogP contribution < -0.4 is 26.6 Å². The third-order valence-electron chi connectivity index (χ3n) is 4.76. The van der Waals surface area contributed by atoms with Crippen LogP contribution in [-0.4, -0.2) is 49.0 Å². The van der Waals surface area contributed by atoms with Gasteiger partial charge in [0.2, 0.25) is 0 Å². The first-order valence-corrected chi connectivity index (χ1v) is 10.8. The summed E-state index contributed by atoms with van der Waals surface area (Å²) in [4.78, 5) is 39.8. The molecule has 0 spiro atoms. The van der Waals surface area contributed by atoms with Crippen molar-refractivity contribution in [1.82, 2.24) is 9.55 Å². The summed E-state index contributed by atoms with van der Waals surface area (Å²) in [5.74, 6) is 0.241. The number of methoxy groups -OCH3 is 1. The summed E-state index contributed by atoms with van der Waals surface area (Å²) in [6, 6.07) is 18.7. The number of hydrogen-bond acceptors (Lipinski definition) is 7. The number of nitrogens with one attached hydrogen (secondary N) is 3. The van der Waals surface area contributed by atoms with Gasteiger partial charge in [-0.05, 0) is 17.7 Å². The zero-order valence-corrected chi connectivity index (χ0v) is 18.9. The molecule has 1 amide bonds. The highest BCUT2D eigenvalue weighted by molar-refractivity contribution is 5.93. The topological polar surface area (TPSA) is 124 Å². The van der Waals surface area contributed by atoms with E-state index < -0.39 is 17.2 Å². The Kier molecular flexibility index (Phi) is 9.44. The minimum Gasteiger partial charge on any atom is -0.491 e. The molecule has 0 unspecified atom stereocenters. The SMILES string of the molecule is COCCn1c(NC(=O)COCCOc2ccccc2)c(NCc2ccccc2)c(=O)[nH]c1=O. The van der Waals surface area contributed by atoms with Crippen LogP contribution in [0.1, 0.15) is 5.56 Å². The molecule has 10 nitrogen and oxygen atoms in total. The molecule has 3 rings (SSSR count). The van der Waals surface area contributed by atoms with Gasteiger partial charge in [-0.1, -0.05) is 48.5 Å². The van der Waals surface area contributed by atoms with E-state index in [-0.39, 0.29) is 44.5 Å². The van der Waals surface area contributed by atoms with E-state index in [2.05, 4.69) is 15.6 Å². The standard InChI is InChI=1S/C24H28N4O6/c1-32-13-12-28-22(26-20(29)17-33-14-15-34-19-10-6-3-7-11-19)21(23(30)27-24(28)31)25-16-18-8-4-2-5-9-18/h2-11,25H,12-17H2,1H3,(H,26,29)(H,27,30,31). The Balaban J connectivity index is 1.67. The van der Waals surface area contributed by atoms with E-state index in [1.165, 1.54) is 11.7 Å². The van der Waals surface area contributed by atoms with Gasteiger partial charge in [0, 0.05) is 13.7 Å². The van der Waals surface area contributed by atoms with Crippen molar-refractivity contribution in [3.8, 4) is 5.75 Å². The van der Waals surface area contributed by atoms with Gasteiger partial charge in [0.25, 0.3) is 11.5 Å². The normalized spacial score (nSPS) is 10.6. The molecule has 3 N–H and O–H groups in total. The average Bonchev–Trinajstić information content (AvgIpc) is 2.84. The molecule has 0 saturated heterocycles. The predicted octanol–water partition coefficient (Wildman–Crippen LogP) is 1.83. The van der Waals surface area contributed by atoms with Crippen molar-refractivity contribution in [3.05, 3.63) is 87.1 Å². The van der Waals surface area contributed by atoms with Crippen molar-refractivity contribution in [2.75, 3.05) is 44.2 Å². The molecule has 0 saturated carbocycles. The molecule has 10 heteroatoms. The number of carbonyl (C=O) groups excluding carboxylic acids is 1. The van der Waals surface area contributed by atoms with Crippen LogP contribution in [0.5, 0.6) is 5.75 Å². The zero-order valence-electron chi connectivity index (χ0n) is 18.9. The summed E-state index contributed by atoms with van der Waals surface area (Å²) in [5.41, 5.74) is -0.294. The van der Waals surface area contributed by atoms with E-state index in [1.807, 2.05) is 60.7 Å². The van der Waals surface area contributed by atoms with Gasteiger partial charge in [-0.15, -0.1) is 0 Å². The third kappa shape index (κ3) is 7.32. The Morgan fingerprint density at radius 1 is 0.971 bits per heavy atom. The molecule has 1 heterocycles. The lowest BCUT2D eigenvalue weighted by atomic mass is 10.2. The van der Waals surface area contributed by atoms with Crippen molar-refractivity contribution in [3.63, 3.8) is 0 Å². The van der Waals surface area contributed by atoms with E-state index in [1.54, 1.807) is 0 Å². The second kappa shape index (κ2) is 13.0. The smallest absolute Gasteiger partial charge is 0.330 e. The predicted molar refractivity (Wildman–Crippen MR) is 128 cm³/mol. The minimum atomic E-state index is -0.653. The molecular formula is C24H28N4O6. The molecule has 2 aromatic carbocycles. The number of H-pyrrole nitrogens is 1. The summed E-state index contributed by atoms with van der Waals surface area (Å²) in [6.07, 6.45) is 0. The van der Waals surface area contributed by atoms with Gasteiger partial charge in [0.05, 0.1) is 19.8 Å². The Morgan fingerprint density at radius 2 is 1.68 bits per heavy atom. The molecule has 0 aliphatic heterocycles. The number of benzene rings is 2. The van der Waals surface area contributed by atoms with Crippen molar-refractivity contribution in [2.24, 2.45) is 0 Å². The number of aromatic amines is 1. The van der Waals surface area contributed by atoms with E-state index in [4.69, 9.17) is 14.2 Å². The first-order valence-electron chi connectivity index (χ1n) is 10.8. The summed E-state index contributed by atoms with van der Waals surface area (Å²) < 4.78 is 17.2. The van der Waals surface area contributed by atoms with Crippen molar-refractivity contribution < 1.29 is 19.0 Å². The van der Waals surface area contributed by atoms with Crippen LogP contribution in [0.15, 0.2) is 70.3 Å². The van der Waals surface area contributed by atoms with Crippen LogP contribution in [-0.2, 0) is 27.4 Å². The fourth-order valence-corrected chi connectivity index (χ4v) is 3.12. The van der Waals surface area contributed by atoms with Gasteiger partial charge < -0.3 is 24.8 Å². The first kappa shape index (κ1) is 24.7. The maximum Gasteiger partial charge on any atom is 0.330 e. The fourth-order valence-electron chi connectivity index (χ4n) is 3.12. The van der Waals surface area contributed by atoms with Crippen LogP contribution in [0.2, 0.25) is 0 Å². The number of carbonyl (C=O) groups is 1. The number of amides is 1. The minimum absolute atomic E-state index is 0.0517. The molecule has 0 aliphatic carbocycles. The van der Waals surface area contributed by atoms with Crippen LogP contribution in [0.4, 0.5) is 11.5 Å². The maximum absolute atomic E-state index is 12.6. The third-order valence-corrected chi connectivity index (χ3v) is 4.76. The quantitative estimate of drug-likeness (QED) is 0.327. The number of anilines is 2. The molecular weight excluding hydrogens is 440 g/mol. The van der Waals surface area contributed by atoms with E-state index in [0.717, 1.165) is 5.56 Å². The number of ether oxygens (including phenoxy) is 3. The highest BCUT2D eigenvalue weighted by Gasteiger charge is 2.17. The van der Waals surface area contributed by atoms with Gasteiger partial charge in [-0.25, -0.2) is 4.79 Å². The Labute approximate surface area is 196 Å². The first-order chi connectivity index (χ1) is 16.6. The Bertz CT molecular complexity index is 1160. The monoisotopic (exact) mass is 468 g/mol. The van der Waals surface area contributed by atoms with E-state index >= 15 is 0 Å². The number of nitrogens with zero attached hydrogens (tertiary/aromatic N) is 1. The second-order valence-corrected chi connectivity index (χ2v) is 7.23. The summed E-state index contributed by atoms with van der Waals surface area (Å²) in [6.45, 7) is 0.843. The summed E-state index contributed by atoms with van der Waals surface area (Å²) in [5, 5.41) is 5.66. The lowest BCUT2D eigenvalue weighted by Crippen LogP contribution is -2.36. The molecule has 3 aromatic rings. The van der Waals surface area contributed by atoms with E-state index in [0.29, 0.717) is 12.3 Å². The van der Waals surface area contributed by atoms with Crippen molar-refractivity contribution in [2.45, 2.75) is 13.1 Å². The number of rotatable bonds is 13. The zero-order chi connectivity index (χ0) is 24.2. The molecule has 0 radical (unpaired) electrons. The van der Waals surface area contributed by atoms with Crippen molar-refractivity contribution >= 4 is 17.4 Å². The summed E-state index contributed by atoms with van der Waals surface area (Å²) >= 11 is 0. The molecule has 0 atom stereocenters. The summed E-state index contributed by atoms with van der Waals surface area (Å²) in [7, 11) is 1.49. The number of para-hydroxylation sites is 1. The van der Waals surface area contributed by atoms with Crippen molar-refractivity contribution in [1.29, 1.82) is 0 Å². The molecule has 1 aromatic heterocycles. The Hall–Kier alpha value is -3.89. The lowest BCUT2D eigenvalue weighted by Gasteiger charge is -2.18. The Morgan fingerprint density at radius 3 is 2.38 bits per heavy atom. The average molecular weight is 469 g/mol.